The molecule has 0 spiro atoms. The molecule has 0 aliphatic heterocycles. The third kappa shape index (κ3) is 1.97. The van der Waals surface area contributed by atoms with Crippen LogP contribution in [0.25, 0.3) is 0 Å². The van der Waals surface area contributed by atoms with Crippen molar-refractivity contribution in [3.8, 4) is 0 Å². The second-order valence-electron chi connectivity index (χ2n) is 3.89. The number of hydrogen-bond donors (Lipinski definition) is 1. The van der Waals surface area contributed by atoms with Crippen LogP contribution in [0.1, 0.15) is 19.4 Å². The maximum absolute atomic E-state index is 13.2. The summed E-state index contributed by atoms with van der Waals surface area (Å²) in [6.07, 6.45) is 0. The Morgan fingerprint density at radius 3 is 2.07 bits per heavy atom. The van der Waals surface area contributed by atoms with E-state index in [0.29, 0.717) is 6.07 Å². The van der Waals surface area contributed by atoms with Gasteiger partial charge in [-0.1, -0.05) is 13.8 Å². The van der Waals surface area contributed by atoms with E-state index in [2.05, 4.69) is 0 Å². The largest absolute Gasteiger partial charge is 0.395 e. The first kappa shape index (κ1) is 12.0. The topological polar surface area (TPSA) is 20.2 Å². The highest BCUT2D eigenvalue weighted by molar-refractivity contribution is 5.28. The highest BCUT2D eigenvalue weighted by Crippen LogP contribution is 2.29. The first-order chi connectivity index (χ1) is 6.81. The van der Waals surface area contributed by atoms with Crippen molar-refractivity contribution in [3.63, 3.8) is 0 Å². The molecule has 0 saturated carbocycles. The number of aliphatic hydroxyl groups is 1. The predicted molar refractivity (Wildman–Crippen MR) is 46.4 cm³/mol. The van der Waals surface area contributed by atoms with Gasteiger partial charge in [-0.05, 0) is 6.07 Å². The van der Waals surface area contributed by atoms with Crippen molar-refractivity contribution in [2.45, 2.75) is 19.3 Å². The third-order valence-corrected chi connectivity index (χ3v) is 2.23. The zero-order valence-corrected chi connectivity index (χ0v) is 8.24. The first-order valence-corrected chi connectivity index (χ1v) is 4.25. The Labute approximate surface area is 84.3 Å². The van der Waals surface area contributed by atoms with Crippen LogP contribution >= 0.6 is 0 Å². The van der Waals surface area contributed by atoms with Gasteiger partial charge < -0.3 is 5.11 Å². The van der Waals surface area contributed by atoms with Gasteiger partial charge in [-0.25, -0.2) is 17.6 Å². The van der Waals surface area contributed by atoms with Gasteiger partial charge in [0.2, 0.25) is 0 Å². The molecule has 0 bridgehead atoms. The fraction of sp³-hybridized carbons (Fsp3) is 0.400. The average molecular weight is 222 g/mol. The smallest absolute Gasteiger partial charge is 0.197 e. The number of halogens is 4. The summed E-state index contributed by atoms with van der Waals surface area (Å²) in [5, 5.41) is 8.92. The second-order valence-corrected chi connectivity index (χ2v) is 3.89. The molecule has 84 valence electrons. The second kappa shape index (κ2) is 3.81. The van der Waals surface area contributed by atoms with Crippen LogP contribution in [0.3, 0.4) is 0 Å². The molecule has 1 rings (SSSR count). The molecule has 0 radical (unpaired) electrons. The summed E-state index contributed by atoms with van der Waals surface area (Å²) in [4.78, 5) is 0. The van der Waals surface area contributed by atoms with Gasteiger partial charge in [0.05, 0.1) is 6.61 Å². The Morgan fingerprint density at radius 2 is 1.60 bits per heavy atom. The van der Waals surface area contributed by atoms with Gasteiger partial charge in [0.15, 0.2) is 23.3 Å². The molecule has 0 aromatic heterocycles. The van der Waals surface area contributed by atoms with Crippen LogP contribution in [0.5, 0.6) is 0 Å². The fourth-order valence-electron chi connectivity index (χ4n) is 1.15. The van der Waals surface area contributed by atoms with Gasteiger partial charge in [-0.15, -0.1) is 0 Å². The van der Waals surface area contributed by atoms with Crippen molar-refractivity contribution in [2.24, 2.45) is 0 Å². The Balaban J connectivity index is 3.45. The third-order valence-electron chi connectivity index (χ3n) is 2.23. The molecule has 1 nitrogen and oxygen atoms in total. The molecule has 0 amide bonds. The molecule has 0 fully saturated rings. The van der Waals surface area contributed by atoms with Crippen molar-refractivity contribution in [3.05, 3.63) is 34.9 Å². The number of rotatable bonds is 2. The summed E-state index contributed by atoms with van der Waals surface area (Å²) in [7, 11) is 0. The van der Waals surface area contributed by atoms with Crippen molar-refractivity contribution >= 4 is 0 Å². The minimum absolute atomic E-state index is 0.388. The molecule has 1 aromatic carbocycles. The van der Waals surface area contributed by atoms with Crippen LogP contribution in [0, 0.1) is 23.3 Å². The molecule has 0 unspecified atom stereocenters. The van der Waals surface area contributed by atoms with Gasteiger partial charge in [0.25, 0.3) is 0 Å². The fourth-order valence-corrected chi connectivity index (χ4v) is 1.15. The van der Waals surface area contributed by atoms with E-state index in [4.69, 9.17) is 5.11 Å². The van der Waals surface area contributed by atoms with E-state index in [1.54, 1.807) is 0 Å². The zero-order valence-electron chi connectivity index (χ0n) is 8.24. The van der Waals surface area contributed by atoms with E-state index in [0.717, 1.165) is 0 Å². The summed E-state index contributed by atoms with van der Waals surface area (Å²) >= 11 is 0. The lowest BCUT2D eigenvalue weighted by atomic mass is 9.85. The van der Waals surface area contributed by atoms with Crippen LogP contribution in [0.15, 0.2) is 6.07 Å². The van der Waals surface area contributed by atoms with Gasteiger partial charge in [0.1, 0.15) is 0 Å². The van der Waals surface area contributed by atoms with E-state index in [9.17, 15) is 17.6 Å². The standard InChI is InChI=1S/C10H10F4O/c1-10(2,4-15)5-3-6(11)8(13)9(14)7(5)12/h3,15H,4H2,1-2H3. The van der Waals surface area contributed by atoms with E-state index >= 15 is 0 Å². The van der Waals surface area contributed by atoms with E-state index < -0.39 is 35.3 Å². The number of hydrogen-bond acceptors (Lipinski definition) is 1. The molecule has 0 aliphatic carbocycles. The minimum Gasteiger partial charge on any atom is -0.395 e. The molecule has 0 atom stereocenters. The van der Waals surface area contributed by atoms with Gasteiger partial charge in [0, 0.05) is 11.0 Å². The lowest BCUT2D eigenvalue weighted by Gasteiger charge is -2.23. The first-order valence-electron chi connectivity index (χ1n) is 4.25. The highest BCUT2D eigenvalue weighted by Gasteiger charge is 2.28. The van der Waals surface area contributed by atoms with Crippen molar-refractivity contribution in [1.29, 1.82) is 0 Å². The molecule has 5 heteroatoms. The predicted octanol–water partition coefficient (Wildman–Crippen LogP) is 2.51. The number of aliphatic hydroxyl groups excluding tert-OH is 1. The monoisotopic (exact) mass is 222 g/mol. The summed E-state index contributed by atoms with van der Waals surface area (Å²) in [6.45, 7) is 2.28. The Bertz CT molecular complexity index is 387. The summed E-state index contributed by atoms with van der Waals surface area (Å²) < 4.78 is 51.5. The van der Waals surface area contributed by atoms with E-state index in [1.807, 2.05) is 0 Å². The zero-order chi connectivity index (χ0) is 11.8. The van der Waals surface area contributed by atoms with E-state index in [-0.39, 0.29) is 5.56 Å². The number of benzene rings is 1. The Morgan fingerprint density at radius 1 is 1.07 bits per heavy atom. The van der Waals surface area contributed by atoms with Gasteiger partial charge >= 0.3 is 0 Å². The lowest BCUT2D eigenvalue weighted by molar-refractivity contribution is 0.212. The van der Waals surface area contributed by atoms with Crippen molar-refractivity contribution in [2.75, 3.05) is 6.61 Å². The maximum atomic E-state index is 13.2. The van der Waals surface area contributed by atoms with Crippen LogP contribution in [-0.2, 0) is 5.41 Å². The Kier molecular flexibility index (Phi) is 3.04. The SMILES string of the molecule is CC(C)(CO)c1cc(F)c(F)c(F)c1F. The quantitative estimate of drug-likeness (QED) is 0.463. The Hall–Kier alpha value is -1.10. The maximum Gasteiger partial charge on any atom is 0.197 e. The van der Waals surface area contributed by atoms with Gasteiger partial charge in [-0.3, -0.25) is 0 Å². The molecule has 1 N–H and O–H groups in total. The molecule has 0 aliphatic rings. The molecule has 0 heterocycles. The molecule has 1 aromatic rings. The van der Waals surface area contributed by atoms with Crippen molar-refractivity contribution < 1.29 is 22.7 Å². The molecular formula is C10H10F4O. The molecule has 15 heavy (non-hydrogen) atoms. The summed E-state index contributed by atoms with van der Waals surface area (Å²) in [5.74, 6) is -6.63. The average Bonchev–Trinajstić information content (AvgIpc) is 2.20. The van der Waals surface area contributed by atoms with Crippen molar-refractivity contribution in [1.82, 2.24) is 0 Å². The summed E-state index contributed by atoms with van der Waals surface area (Å²) in [6, 6.07) is 0.559. The lowest BCUT2D eigenvalue weighted by Crippen LogP contribution is -2.25. The summed E-state index contributed by atoms with van der Waals surface area (Å²) in [5.41, 5.74) is -1.55. The molecule has 0 saturated heterocycles. The minimum atomic E-state index is -1.86. The van der Waals surface area contributed by atoms with Gasteiger partial charge in [-0.2, -0.15) is 0 Å². The van der Waals surface area contributed by atoms with Crippen LogP contribution < -0.4 is 0 Å². The van der Waals surface area contributed by atoms with E-state index in [1.165, 1.54) is 13.8 Å². The highest BCUT2D eigenvalue weighted by atomic mass is 19.2. The van der Waals surface area contributed by atoms with Crippen LogP contribution in [0.2, 0.25) is 0 Å². The molecular weight excluding hydrogens is 212 g/mol. The normalized spacial score (nSPS) is 11.9. The van der Waals surface area contributed by atoms with Crippen LogP contribution in [-0.4, -0.2) is 11.7 Å². The van der Waals surface area contributed by atoms with Crippen LogP contribution in [0.4, 0.5) is 17.6 Å².